The van der Waals surface area contributed by atoms with Gasteiger partial charge in [0.2, 0.25) is 0 Å². The topological polar surface area (TPSA) is 73.8 Å². The number of aromatic nitrogens is 7. The van der Waals surface area contributed by atoms with Crippen molar-refractivity contribution in [1.82, 2.24) is 34.6 Å². The summed E-state index contributed by atoms with van der Waals surface area (Å²) in [6.45, 7) is 6.05. The van der Waals surface area contributed by atoms with Gasteiger partial charge in [-0.2, -0.15) is 14.3 Å². The van der Waals surface area contributed by atoms with Gasteiger partial charge in [-0.25, -0.2) is 4.98 Å². The van der Waals surface area contributed by atoms with E-state index in [0.717, 1.165) is 36.0 Å². The molecule has 21 heavy (non-hydrogen) atoms. The number of fused-ring (bicyclic) bond motifs is 1. The molecule has 0 unspecified atom stereocenters. The summed E-state index contributed by atoms with van der Waals surface area (Å²) in [5, 5.41) is 16.8. The van der Waals surface area contributed by atoms with Crippen LogP contribution in [0.2, 0.25) is 0 Å². The smallest absolute Gasteiger partial charge is 0.178 e. The van der Waals surface area contributed by atoms with E-state index in [4.69, 9.17) is 0 Å². The summed E-state index contributed by atoms with van der Waals surface area (Å²) >= 11 is 0. The molecule has 3 heterocycles. The Labute approximate surface area is 122 Å². The minimum absolute atomic E-state index is 0.718. The van der Waals surface area contributed by atoms with Crippen molar-refractivity contribution in [3.63, 3.8) is 0 Å². The van der Waals surface area contributed by atoms with Crippen molar-refractivity contribution in [2.45, 2.75) is 33.6 Å². The number of allylic oxidation sites excluding steroid dienone is 2. The Balaban J connectivity index is 1.93. The lowest BCUT2D eigenvalue weighted by molar-refractivity contribution is 0.727. The minimum Gasteiger partial charge on any atom is -0.220 e. The zero-order valence-electron chi connectivity index (χ0n) is 12.4. The molecule has 0 fully saturated rings. The first-order valence-electron chi connectivity index (χ1n) is 6.87. The largest absolute Gasteiger partial charge is 0.220 e. The summed E-state index contributed by atoms with van der Waals surface area (Å²) in [5.74, 6) is 2.36. The molecule has 0 saturated carbocycles. The normalized spacial score (nSPS) is 11.0. The third-order valence-corrected chi connectivity index (χ3v) is 3.16. The first-order chi connectivity index (χ1) is 10.1. The average molecular weight is 283 g/mol. The molecule has 0 aliphatic rings. The summed E-state index contributed by atoms with van der Waals surface area (Å²) < 4.78 is 3.47. The molecule has 0 aromatic carbocycles. The number of hydrogen-bond acceptors (Lipinski definition) is 5. The van der Waals surface area contributed by atoms with E-state index in [1.54, 1.807) is 15.5 Å². The lowest BCUT2D eigenvalue weighted by Gasteiger charge is -2.04. The lowest BCUT2D eigenvalue weighted by atomic mass is 10.2. The second-order valence-corrected chi connectivity index (χ2v) is 5.12. The van der Waals surface area contributed by atoms with Gasteiger partial charge in [0, 0.05) is 6.42 Å². The molecule has 0 saturated heterocycles. The molecular formula is C14H17N7. The van der Waals surface area contributed by atoms with Crippen LogP contribution in [0.1, 0.15) is 31.9 Å². The fourth-order valence-electron chi connectivity index (χ4n) is 2.12. The molecule has 0 bridgehead atoms. The Morgan fingerprint density at radius 3 is 2.90 bits per heavy atom. The highest BCUT2D eigenvalue weighted by molar-refractivity contribution is 5.39. The van der Waals surface area contributed by atoms with E-state index in [9.17, 15) is 0 Å². The van der Waals surface area contributed by atoms with Gasteiger partial charge in [0.05, 0.1) is 0 Å². The molecule has 0 aliphatic carbocycles. The number of rotatable bonds is 4. The van der Waals surface area contributed by atoms with Gasteiger partial charge in [0.15, 0.2) is 17.3 Å². The van der Waals surface area contributed by atoms with E-state index in [1.807, 2.05) is 19.1 Å². The monoisotopic (exact) mass is 283 g/mol. The second kappa shape index (κ2) is 5.43. The van der Waals surface area contributed by atoms with Crippen molar-refractivity contribution in [3.05, 3.63) is 41.8 Å². The zero-order valence-corrected chi connectivity index (χ0v) is 12.4. The maximum absolute atomic E-state index is 4.52. The predicted octanol–water partition coefficient (Wildman–Crippen LogP) is 1.91. The number of hydrogen-bond donors (Lipinski definition) is 0. The predicted molar refractivity (Wildman–Crippen MR) is 78.2 cm³/mol. The van der Waals surface area contributed by atoms with Crippen LogP contribution >= 0.6 is 0 Å². The molecule has 3 aromatic heterocycles. The molecule has 0 atom stereocenters. The third-order valence-electron chi connectivity index (χ3n) is 3.16. The molecule has 3 aromatic rings. The molecule has 0 amide bonds. The number of nitrogens with zero attached hydrogens (tertiary/aromatic N) is 7. The molecule has 0 N–H and O–H groups in total. The first-order valence-corrected chi connectivity index (χ1v) is 6.87. The van der Waals surface area contributed by atoms with Gasteiger partial charge in [0.1, 0.15) is 12.2 Å². The number of aryl methyl sites for hydroxylation is 2. The van der Waals surface area contributed by atoms with Crippen LogP contribution < -0.4 is 0 Å². The van der Waals surface area contributed by atoms with Gasteiger partial charge in [-0.05, 0) is 39.3 Å². The Morgan fingerprint density at radius 1 is 1.24 bits per heavy atom. The van der Waals surface area contributed by atoms with E-state index in [1.165, 1.54) is 5.57 Å². The lowest BCUT2D eigenvalue weighted by Crippen LogP contribution is -2.08. The molecule has 108 valence electrons. The van der Waals surface area contributed by atoms with Crippen LogP contribution in [0.25, 0.3) is 11.5 Å². The van der Waals surface area contributed by atoms with Crippen LogP contribution in [0.15, 0.2) is 30.1 Å². The van der Waals surface area contributed by atoms with Crippen LogP contribution in [0.3, 0.4) is 0 Å². The van der Waals surface area contributed by atoms with Gasteiger partial charge in [0.25, 0.3) is 0 Å². The maximum atomic E-state index is 4.52. The highest BCUT2D eigenvalue weighted by atomic mass is 15.4. The minimum atomic E-state index is 0.718. The summed E-state index contributed by atoms with van der Waals surface area (Å²) in [4.78, 5) is 4.32. The standard InChI is InChI=1S/C14H17N7/c1-10(2)5-4-6-12-15-9-16-21(12)14-8-7-13-18-17-11(3)20(13)19-14/h5,7-9H,4,6H2,1-3H3. The van der Waals surface area contributed by atoms with E-state index >= 15 is 0 Å². The zero-order chi connectivity index (χ0) is 14.8. The fourth-order valence-corrected chi connectivity index (χ4v) is 2.12. The molecule has 7 nitrogen and oxygen atoms in total. The average Bonchev–Trinajstić information content (AvgIpc) is 3.06. The quantitative estimate of drug-likeness (QED) is 0.684. The molecular weight excluding hydrogens is 266 g/mol. The van der Waals surface area contributed by atoms with Crippen molar-refractivity contribution in [3.8, 4) is 5.82 Å². The Morgan fingerprint density at radius 2 is 2.10 bits per heavy atom. The van der Waals surface area contributed by atoms with Gasteiger partial charge in [-0.15, -0.1) is 15.3 Å². The van der Waals surface area contributed by atoms with Gasteiger partial charge in [-0.3, -0.25) is 0 Å². The third kappa shape index (κ3) is 2.67. The molecule has 0 spiro atoms. The summed E-state index contributed by atoms with van der Waals surface area (Å²) in [5.41, 5.74) is 2.03. The second-order valence-electron chi connectivity index (χ2n) is 5.12. The van der Waals surface area contributed by atoms with Gasteiger partial charge in [-0.1, -0.05) is 11.6 Å². The highest BCUT2D eigenvalue weighted by Crippen LogP contribution is 2.10. The van der Waals surface area contributed by atoms with Crippen molar-refractivity contribution < 1.29 is 0 Å². The summed E-state index contributed by atoms with van der Waals surface area (Å²) in [6.07, 6.45) is 5.52. The van der Waals surface area contributed by atoms with E-state index < -0.39 is 0 Å². The molecule has 7 heteroatoms. The van der Waals surface area contributed by atoms with Crippen LogP contribution in [0.4, 0.5) is 0 Å². The molecule has 0 radical (unpaired) electrons. The van der Waals surface area contributed by atoms with Crippen LogP contribution in [-0.4, -0.2) is 34.6 Å². The van der Waals surface area contributed by atoms with Crippen molar-refractivity contribution in [2.24, 2.45) is 0 Å². The molecule has 3 rings (SSSR count). The maximum Gasteiger partial charge on any atom is 0.178 e. The van der Waals surface area contributed by atoms with Crippen molar-refractivity contribution >= 4 is 5.65 Å². The van der Waals surface area contributed by atoms with E-state index in [0.29, 0.717) is 0 Å². The summed E-state index contributed by atoms with van der Waals surface area (Å²) in [7, 11) is 0. The van der Waals surface area contributed by atoms with Crippen LogP contribution in [0, 0.1) is 6.92 Å². The van der Waals surface area contributed by atoms with Crippen molar-refractivity contribution in [2.75, 3.05) is 0 Å². The van der Waals surface area contributed by atoms with Crippen LogP contribution in [-0.2, 0) is 6.42 Å². The van der Waals surface area contributed by atoms with Crippen LogP contribution in [0.5, 0.6) is 0 Å². The Bertz CT molecular complexity index is 793. The van der Waals surface area contributed by atoms with Gasteiger partial charge < -0.3 is 0 Å². The summed E-state index contributed by atoms with van der Waals surface area (Å²) in [6, 6.07) is 3.76. The fraction of sp³-hybridized carbons (Fsp3) is 0.357. The van der Waals surface area contributed by atoms with Gasteiger partial charge >= 0.3 is 0 Å². The molecule has 0 aliphatic heterocycles. The van der Waals surface area contributed by atoms with E-state index in [2.05, 4.69) is 45.3 Å². The van der Waals surface area contributed by atoms with Crippen molar-refractivity contribution in [1.29, 1.82) is 0 Å². The Hall–Kier alpha value is -2.57. The highest BCUT2D eigenvalue weighted by Gasteiger charge is 2.10. The first kappa shape index (κ1) is 13.4. The SMILES string of the molecule is CC(C)=CCCc1ncnn1-c1ccc2nnc(C)n2n1. The Kier molecular flexibility index (Phi) is 3.47. The van der Waals surface area contributed by atoms with E-state index in [-0.39, 0.29) is 0 Å².